The molecule has 0 saturated heterocycles. The fourth-order valence-corrected chi connectivity index (χ4v) is 6.98. The molecule has 50 heavy (non-hydrogen) atoms. The number of carboxylic acids is 1. The largest absolute Gasteiger partial charge is 0.480 e. The molecule has 0 aromatic heterocycles. The number of amides is 3. The van der Waals surface area contributed by atoms with Crippen LogP contribution in [-0.4, -0.2) is 76.3 Å². The second-order valence-corrected chi connectivity index (χ2v) is 14.9. The Morgan fingerprint density at radius 2 is 1.68 bits per heavy atom. The number of halogens is 2. The van der Waals surface area contributed by atoms with Gasteiger partial charge in [0.05, 0.1) is 34.8 Å². The monoisotopic (exact) mass is 756 g/mol. The van der Waals surface area contributed by atoms with Crippen LogP contribution in [0.2, 0.25) is 5.02 Å². The maximum Gasteiger partial charge on any atom is 0.339 e. The van der Waals surface area contributed by atoms with Gasteiger partial charge in [-0.1, -0.05) is 29.7 Å². The number of nitrogens with zero attached hydrogens (tertiary/aromatic N) is 2. The van der Waals surface area contributed by atoms with Crippen LogP contribution < -0.4 is 19.7 Å². The highest BCUT2D eigenvalue weighted by molar-refractivity contribution is 7.91. The van der Waals surface area contributed by atoms with Crippen molar-refractivity contribution < 1.29 is 56.2 Å². The van der Waals surface area contributed by atoms with Crippen molar-refractivity contribution in [3.63, 3.8) is 0 Å². The van der Waals surface area contributed by atoms with Gasteiger partial charge < -0.3 is 19.6 Å². The van der Waals surface area contributed by atoms with Crippen molar-refractivity contribution in [1.82, 2.24) is 9.62 Å². The van der Waals surface area contributed by atoms with Gasteiger partial charge in [0.2, 0.25) is 0 Å². The lowest BCUT2D eigenvalue weighted by Crippen LogP contribution is -2.48. The van der Waals surface area contributed by atoms with Gasteiger partial charge in [0, 0.05) is 23.3 Å². The van der Waals surface area contributed by atoms with Gasteiger partial charge in [0.1, 0.15) is 11.6 Å². The molecule has 2 aromatic rings. The maximum absolute atomic E-state index is 14.4. The molecule has 0 fully saturated rings. The lowest BCUT2D eigenvalue weighted by atomic mass is 9.93. The number of carbonyl (C=O) groups is 4. The Bertz CT molecular complexity index is 1880. The Morgan fingerprint density at radius 3 is 2.20 bits per heavy atom. The highest BCUT2D eigenvalue weighted by Crippen LogP contribution is 2.40. The average molecular weight is 757 g/mol. The minimum atomic E-state index is -4.10. The Balaban J connectivity index is 0.000000224. The molecule has 19 heteroatoms. The minimum absolute atomic E-state index is 0.0233. The number of imide groups is 1. The fraction of sp³-hybridized carbons (Fsp3) is 0.355. The van der Waals surface area contributed by atoms with Gasteiger partial charge >= 0.3 is 23.8 Å². The van der Waals surface area contributed by atoms with E-state index in [2.05, 4.69) is 16.0 Å². The first-order chi connectivity index (χ1) is 23.3. The molecule has 3 aliphatic rings. The molecule has 5 N–H and O–H groups in total. The highest BCUT2D eigenvalue weighted by Gasteiger charge is 2.41. The molecule has 5 rings (SSSR count). The van der Waals surface area contributed by atoms with Gasteiger partial charge in [-0.2, -0.15) is 8.42 Å². The van der Waals surface area contributed by atoms with Crippen LogP contribution in [0.4, 0.5) is 15.8 Å². The zero-order chi connectivity index (χ0) is 37.6. The topological polar surface area (TPSA) is 220 Å². The van der Waals surface area contributed by atoms with Gasteiger partial charge in [0.25, 0.3) is 17.7 Å². The third-order valence-electron chi connectivity index (χ3n) is 7.09. The number of ether oxygens (including phenoxy) is 1. The molecule has 0 radical (unpaired) electrons. The fourth-order valence-electron chi connectivity index (χ4n) is 4.96. The van der Waals surface area contributed by atoms with Crippen LogP contribution in [-0.2, 0) is 29.2 Å². The number of hydrogen-bond acceptors (Lipinski definition) is 9. The smallest absolute Gasteiger partial charge is 0.339 e. The Labute approximate surface area is 292 Å². The minimum Gasteiger partial charge on any atom is -0.480 e. The number of rotatable bonds is 8. The number of carbonyl (C=O) groups excluding carboxylic acids is 3. The van der Waals surface area contributed by atoms with E-state index < -0.39 is 72.3 Å². The van der Waals surface area contributed by atoms with Crippen LogP contribution in [0.3, 0.4) is 0 Å². The van der Waals surface area contributed by atoms with E-state index in [-0.39, 0.29) is 16.5 Å². The van der Waals surface area contributed by atoms with Crippen molar-refractivity contribution in [3.8, 4) is 18.1 Å². The van der Waals surface area contributed by atoms with Gasteiger partial charge in [-0.3, -0.25) is 33.8 Å². The van der Waals surface area contributed by atoms with Crippen LogP contribution in [0, 0.1) is 18.2 Å². The number of benzene rings is 2. The lowest BCUT2D eigenvalue weighted by Gasteiger charge is -2.31. The van der Waals surface area contributed by atoms with Gasteiger partial charge in [-0.15, -0.1) is 6.42 Å². The first-order valence-corrected chi connectivity index (χ1v) is 18.6. The third-order valence-corrected chi connectivity index (χ3v) is 9.60. The van der Waals surface area contributed by atoms with E-state index in [1.165, 1.54) is 6.07 Å². The zero-order valence-electron chi connectivity index (χ0n) is 27.1. The second kappa shape index (κ2) is 16.6. The standard InChI is InChI=1S/C18H15ClFNO3.C10H12N2O3S.C3H8NO5P/c1-3-10(2)24-16-9-15(14(20)8-13(16)19)21-17(22)11-6-4-5-7-12(11)18(21)23;1-7(2)12-10(13)8-5-3-4-6-9(8)11-16(12,14)15;5-3(6)1-4-2-10(7,8)9/h1,8-10H,4-7H2,2H3;3-7,11H,1-2H3;4H,1-2H2,(H,5,6)(H2,7,8,9). The molecular formula is C31H35ClFN4O11PS. The summed E-state index contributed by atoms with van der Waals surface area (Å²) in [6, 6.07) is 8.43. The number of fused-ring (bicyclic) bond motifs is 1. The molecule has 1 aliphatic carbocycles. The molecule has 0 saturated carbocycles. The normalized spacial score (nSPS) is 17.0. The molecule has 2 aliphatic heterocycles. The van der Waals surface area contributed by atoms with Crippen LogP contribution in [0.15, 0.2) is 47.5 Å². The van der Waals surface area contributed by atoms with E-state index in [0.29, 0.717) is 35.2 Å². The number of anilines is 2. The van der Waals surface area contributed by atoms with Crippen molar-refractivity contribution in [3.05, 3.63) is 63.9 Å². The molecule has 1 atom stereocenters. The Morgan fingerprint density at radius 1 is 1.10 bits per heavy atom. The summed E-state index contributed by atoms with van der Waals surface area (Å²) < 4.78 is 56.7. The van der Waals surface area contributed by atoms with Gasteiger partial charge in [0.15, 0.2) is 6.10 Å². The predicted octanol–water partition coefficient (Wildman–Crippen LogP) is 3.63. The molecule has 0 spiro atoms. The summed E-state index contributed by atoms with van der Waals surface area (Å²) in [6.45, 7) is 4.51. The van der Waals surface area contributed by atoms with Crippen LogP contribution in [0.5, 0.6) is 5.75 Å². The number of terminal acetylenes is 1. The molecule has 0 bridgehead atoms. The Kier molecular flexibility index (Phi) is 13.3. The third kappa shape index (κ3) is 9.90. The second-order valence-electron chi connectivity index (χ2n) is 11.3. The molecule has 2 heterocycles. The SMILES string of the molecule is C#CC(C)Oc1cc(N2C(=O)C3=C(CCCC3)C2=O)c(F)cc1Cl.CC(C)N1C(=O)c2ccccc2NS1(=O)=O.O=C(O)CNCP(=O)(O)O. The van der Waals surface area contributed by atoms with E-state index in [4.69, 9.17) is 37.7 Å². The van der Waals surface area contributed by atoms with Crippen molar-refractivity contribution in [2.24, 2.45) is 0 Å². The van der Waals surface area contributed by atoms with E-state index >= 15 is 0 Å². The van der Waals surface area contributed by atoms with Crippen LogP contribution in [0.1, 0.15) is 56.8 Å². The van der Waals surface area contributed by atoms with Crippen molar-refractivity contribution in [1.29, 1.82) is 0 Å². The first kappa shape index (κ1) is 40.1. The van der Waals surface area contributed by atoms with E-state index in [9.17, 15) is 36.6 Å². The van der Waals surface area contributed by atoms with Crippen molar-refractivity contribution >= 4 is 64.5 Å². The summed E-state index contributed by atoms with van der Waals surface area (Å²) >= 11 is 5.97. The van der Waals surface area contributed by atoms with E-state index in [0.717, 1.165) is 28.1 Å². The van der Waals surface area contributed by atoms with E-state index in [1.807, 2.05) is 0 Å². The van der Waals surface area contributed by atoms with Crippen LogP contribution >= 0.6 is 19.2 Å². The molecular weight excluding hydrogens is 722 g/mol. The van der Waals surface area contributed by atoms with Gasteiger partial charge in [-0.25, -0.2) is 13.6 Å². The molecule has 3 amide bonds. The summed E-state index contributed by atoms with van der Waals surface area (Å²) in [5.74, 6) is -0.820. The summed E-state index contributed by atoms with van der Waals surface area (Å²) in [5, 5.41) is 10.1. The highest BCUT2D eigenvalue weighted by atomic mass is 35.5. The quantitative estimate of drug-likeness (QED) is 0.148. The number of hydrogen-bond donors (Lipinski definition) is 5. The summed E-state index contributed by atoms with van der Waals surface area (Å²) in [4.78, 5) is 64.1. The number of aliphatic carboxylic acids is 1. The molecule has 2 aromatic carbocycles. The van der Waals surface area contributed by atoms with Gasteiger partial charge in [-0.05, 0) is 64.7 Å². The van der Waals surface area contributed by atoms with Crippen molar-refractivity contribution in [2.75, 3.05) is 22.5 Å². The molecule has 1 unspecified atom stereocenters. The summed E-state index contributed by atoms with van der Waals surface area (Å²) in [5.41, 5.74) is 1.53. The molecule has 270 valence electrons. The first-order valence-electron chi connectivity index (χ1n) is 14.9. The van der Waals surface area contributed by atoms with Crippen molar-refractivity contribution in [2.45, 2.75) is 58.6 Å². The lowest BCUT2D eigenvalue weighted by molar-refractivity contribution is -0.136. The summed E-state index contributed by atoms with van der Waals surface area (Å²) in [7, 11) is -7.85. The molecule has 15 nitrogen and oxygen atoms in total. The number of nitrogens with one attached hydrogen (secondary N) is 2. The number of carboxylic acid groups (broad SMARTS) is 1. The zero-order valence-corrected chi connectivity index (χ0v) is 29.5. The Hall–Kier alpha value is -4.30. The van der Waals surface area contributed by atoms with E-state index in [1.54, 1.807) is 45.0 Å². The average Bonchev–Trinajstić information content (AvgIpc) is 3.26. The summed E-state index contributed by atoms with van der Waals surface area (Å²) in [6.07, 6.45) is 6.87. The predicted molar refractivity (Wildman–Crippen MR) is 181 cm³/mol. The number of para-hydroxylation sites is 1. The van der Waals surface area contributed by atoms with Crippen LogP contribution in [0.25, 0.3) is 0 Å². The maximum atomic E-state index is 14.4.